The van der Waals surface area contributed by atoms with Gasteiger partial charge in [-0.1, -0.05) is 37.8 Å². The minimum Gasteiger partial charge on any atom is -0.352 e. The fraction of sp³-hybridized carbons (Fsp3) is 0.588. The van der Waals surface area contributed by atoms with Crippen LogP contribution in [0.25, 0.3) is 0 Å². The molecule has 0 heterocycles. The Morgan fingerprint density at radius 1 is 1.29 bits per heavy atom. The van der Waals surface area contributed by atoms with E-state index in [0.29, 0.717) is 6.04 Å². The standard InChI is InChI=1S/C17H25FN2O/c1-13(14-7-6-8-15(18)11-14)19-12-17(21)20-16-9-4-2-3-5-10-16/h6-8,11,13,16,19H,2-5,9-10,12H2,1H3,(H,20,21)/t13-/m1/s1. The van der Waals surface area contributed by atoms with Crippen molar-refractivity contribution in [3.05, 3.63) is 35.6 Å². The molecule has 0 aliphatic heterocycles. The molecule has 0 bridgehead atoms. The normalized spacial score (nSPS) is 18.0. The highest BCUT2D eigenvalue weighted by atomic mass is 19.1. The van der Waals surface area contributed by atoms with E-state index in [1.165, 1.54) is 37.8 Å². The lowest BCUT2D eigenvalue weighted by molar-refractivity contribution is -0.121. The molecule has 0 radical (unpaired) electrons. The quantitative estimate of drug-likeness (QED) is 0.817. The molecule has 1 saturated carbocycles. The Morgan fingerprint density at radius 3 is 2.67 bits per heavy atom. The largest absolute Gasteiger partial charge is 0.352 e. The lowest BCUT2D eigenvalue weighted by Crippen LogP contribution is -2.40. The van der Waals surface area contributed by atoms with E-state index < -0.39 is 0 Å². The van der Waals surface area contributed by atoms with Gasteiger partial charge in [0.2, 0.25) is 5.91 Å². The molecule has 0 unspecified atom stereocenters. The Morgan fingerprint density at radius 2 is 2.00 bits per heavy atom. The lowest BCUT2D eigenvalue weighted by atomic mass is 10.1. The Kier molecular flexibility index (Phi) is 6.18. The molecule has 1 aliphatic carbocycles. The van der Waals surface area contributed by atoms with Crippen molar-refractivity contribution in [1.82, 2.24) is 10.6 Å². The smallest absolute Gasteiger partial charge is 0.234 e. The van der Waals surface area contributed by atoms with Gasteiger partial charge in [0.25, 0.3) is 0 Å². The van der Waals surface area contributed by atoms with Gasteiger partial charge < -0.3 is 10.6 Å². The molecule has 3 nitrogen and oxygen atoms in total. The molecule has 1 aliphatic rings. The van der Waals surface area contributed by atoms with E-state index in [4.69, 9.17) is 0 Å². The third-order valence-corrected chi connectivity index (χ3v) is 4.14. The predicted molar refractivity (Wildman–Crippen MR) is 82.5 cm³/mol. The summed E-state index contributed by atoms with van der Waals surface area (Å²) in [6.07, 6.45) is 7.15. The zero-order valence-corrected chi connectivity index (χ0v) is 12.7. The third-order valence-electron chi connectivity index (χ3n) is 4.14. The van der Waals surface area contributed by atoms with E-state index in [-0.39, 0.29) is 24.3 Å². The number of carbonyl (C=O) groups excluding carboxylic acids is 1. The van der Waals surface area contributed by atoms with Gasteiger partial charge in [0.15, 0.2) is 0 Å². The molecule has 0 spiro atoms. The van der Waals surface area contributed by atoms with Crippen LogP contribution in [0.15, 0.2) is 24.3 Å². The van der Waals surface area contributed by atoms with Crippen LogP contribution in [0, 0.1) is 5.82 Å². The molecule has 1 fully saturated rings. The van der Waals surface area contributed by atoms with Crippen LogP contribution in [-0.4, -0.2) is 18.5 Å². The van der Waals surface area contributed by atoms with E-state index in [9.17, 15) is 9.18 Å². The topological polar surface area (TPSA) is 41.1 Å². The minimum atomic E-state index is -0.246. The molecule has 116 valence electrons. The van der Waals surface area contributed by atoms with Crippen LogP contribution < -0.4 is 10.6 Å². The van der Waals surface area contributed by atoms with Gasteiger partial charge in [0, 0.05) is 12.1 Å². The molecule has 4 heteroatoms. The van der Waals surface area contributed by atoms with Crippen molar-refractivity contribution in [3.8, 4) is 0 Å². The van der Waals surface area contributed by atoms with Gasteiger partial charge in [-0.05, 0) is 37.5 Å². The van der Waals surface area contributed by atoms with Gasteiger partial charge in [0.1, 0.15) is 5.82 Å². The fourth-order valence-corrected chi connectivity index (χ4v) is 2.84. The summed E-state index contributed by atoms with van der Waals surface area (Å²) in [5.74, 6) is -0.214. The number of nitrogens with one attached hydrogen (secondary N) is 2. The molecule has 1 aromatic carbocycles. The summed E-state index contributed by atoms with van der Waals surface area (Å²) in [4.78, 5) is 12.0. The van der Waals surface area contributed by atoms with Crippen LogP contribution in [0.4, 0.5) is 4.39 Å². The first-order chi connectivity index (χ1) is 10.1. The number of rotatable bonds is 5. The van der Waals surface area contributed by atoms with E-state index in [1.807, 2.05) is 13.0 Å². The molecule has 1 aromatic rings. The maximum atomic E-state index is 13.2. The molecular formula is C17H25FN2O. The number of carbonyl (C=O) groups is 1. The number of hydrogen-bond donors (Lipinski definition) is 2. The molecule has 0 saturated heterocycles. The monoisotopic (exact) mass is 292 g/mol. The second-order valence-corrected chi connectivity index (χ2v) is 5.91. The second kappa shape index (κ2) is 8.13. The van der Waals surface area contributed by atoms with Crippen molar-refractivity contribution in [3.63, 3.8) is 0 Å². The predicted octanol–water partition coefficient (Wildman–Crippen LogP) is 3.32. The fourth-order valence-electron chi connectivity index (χ4n) is 2.84. The van der Waals surface area contributed by atoms with Crippen molar-refractivity contribution < 1.29 is 9.18 Å². The highest BCUT2D eigenvalue weighted by Crippen LogP contribution is 2.17. The van der Waals surface area contributed by atoms with Crippen LogP contribution in [0.2, 0.25) is 0 Å². The van der Waals surface area contributed by atoms with Gasteiger partial charge >= 0.3 is 0 Å². The lowest BCUT2D eigenvalue weighted by Gasteiger charge is -2.18. The van der Waals surface area contributed by atoms with Crippen LogP contribution in [0.3, 0.4) is 0 Å². The Hall–Kier alpha value is -1.42. The van der Waals surface area contributed by atoms with E-state index >= 15 is 0 Å². The van der Waals surface area contributed by atoms with Crippen molar-refractivity contribution >= 4 is 5.91 Å². The van der Waals surface area contributed by atoms with Crippen LogP contribution in [-0.2, 0) is 4.79 Å². The first-order valence-electron chi connectivity index (χ1n) is 7.93. The first-order valence-corrected chi connectivity index (χ1v) is 7.93. The van der Waals surface area contributed by atoms with Crippen molar-refractivity contribution in [1.29, 1.82) is 0 Å². The number of benzene rings is 1. The first kappa shape index (κ1) is 16.0. The van der Waals surface area contributed by atoms with Gasteiger partial charge in [-0.2, -0.15) is 0 Å². The molecular weight excluding hydrogens is 267 g/mol. The number of amides is 1. The van der Waals surface area contributed by atoms with Crippen LogP contribution in [0.1, 0.15) is 57.1 Å². The zero-order chi connectivity index (χ0) is 15.1. The maximum absolute atomic E-state index is 13.2. The highest BCUT2D eigenvalue weighted by molar-refractivity contribution is 5.78. The molecule has 2 rings (SSSR count). The van der Waals surface area contributed by atoms with Gasteiger partial charge in [-0.15, -0.1) is 0 Å². The summed E-state index contributed by atoms with van der Waals surface area (Å²) in [6.45, 7) is 2.21. The van der Waals surface area contributed by atoms with Crippen molar-refractivity contribution in [2.24, 2.45) is 0 Å². The molecule has 1 atom stereocenters. The van der Waals surface area contributed by atoms with Gasteiger partial charge in [-0.25, -0.2) is 4.39 Å². The molecule has 0 aromatic heterocycles. The van der Waals surface area contributed by atoms with E-state index in [2.05, 4.69) is 10.6 Å². The van der Waals surface area contributed by atoms with Crippen LogP contribution in [0.5, 0.6) is 0 Å². The third kappa shape index (κ3) is 5.46. The number of halogens is 1. The Balaban J connectivity index is 1.75. The molecule has 1 amide bonds. The Bertz CT molecular complexity index is 456. The zero-order valence-electron chi connectivity index (χ0n) is 12.7. The van der Waals surface area contributed by atoms with E-state index in [1.54, 1.807) is 6.07 Å². The summed E-state index contributed by atoms with van der Waals surface area (Å²) in [7, 11) is 0. The highest BCUT2D eigenvalue weighted by Gasteiger charge is 2.15. The molecule has 2 N–H and O–H groups in total. The second-order valence-electron chi connectivity index (χ2n) is 5.91. The summed E-state index contributed by atoms with van der Waals surface area (Å²) in [5, 5.41) is 6.25. The minimum absolute atomic E-state index is 0.0325. The van der Waals surface area contributed by atoms with Crippen molar-refractivity contribution in [2.75, 3.05) is 6.54 Å². The summed E-state index contributed by atoms with van der Waals surface area (Å²) in [5.41, 5.74) is 0.859. The summed E-state index contributed by atoms with van der Waals surface area (Å²) >= 11 is 0. The summed E-state index contributed by atoms with van der Waals surface area (Å²) in [6, 6.07) is 6.76. The average Bonchev–Trinajstić information content (AvgIpc) is 2.73. The average molecular weight is 292 g/mol. The van der Waals surface area contributed by atoms with Gasteiger partial charge in [-0.3, -0.25) is 4.79 Å². The van der Waals surface area contributed by atoms with Gasteiger partial charge in [0.05, 0.1) is 6.54 Å². The molecule has 21 heavy (non-hydrogen) atoms. The van der Waals surface area contributed by atoms with Crippen molar-refractivity contribution in [2.45, 2.75) is 57.5 Å². The summed E-state index contributed by atoms with van der Waals surface area (Å²) < 4.78 is 13.2. The SMILES string of the molecule is C[C@@H](NCC(=O)NC1CCCCCC1)c1cccc(F)c1. The number of hydrogen-bond acceptors (Lipinski definition) is 2. The van der Waals surface area contributed by atoms with E-state index in [0.717, 1.165) is 18.4 Å². The Labute approximate surface area is 126 Å². The maximum Gasteiger partial charge on any atom is 0.234 e. The van der Waals surface area contributed by atoms with Crippen LogP contribution >= 0.6 is 0 Å².